The van der Waals surface area contributed by atoms with Gasteiger partial charge < -0.3 is 15.0 Å². The van der Waals surface area contributed by atoms with E-state index >= 15 is 0 Å². The van der Waals surface area contributed by atoms with Gasteiger partial charge in [-0.05, 0) is 36.2 Å². The van der Waals surface area contributed by atoms with Gasteiger partial charge in [0.1, 0.15) is 11.5 Å². The van der Waals surface area contributed by atoms with E-state index in [4.69, 9.17) is 27.9 Å². The zero-order chi connectivity index (χ0) is 20.4. The number of imidazole rings is 1. The highest BCUT2D eigenvalue weighted by molar-refractivity contribution is 6.36. The van der Waals surface area contributed by atoms with Crippen LogP contribution in [0.25, 0.3) is 16.8 Å². The molecule has 1 saturated heterocycles. The number of ether oxygens (including phenoxy) is 1. The lowest BCUT2D eigenvalue weighted by Crippen LogP contribution is -2.36. The van der Waals surface area contributed by atoms with Gasteiger partial charge in [0, 0.05) is 47.0 Å². The van der Waals surface area contributed by atoms with Crippen LogP contribution >= 0.6 is 23.2 Å². The summed E-state index contributed by atoms with van der Waals surface area (Å²) in [7, 11) is 0. The Balaban J connectivity index is 1.79. The van der Waals surface area contributed by atoms with Crippen molar-refractivity contribution in [2.45, 2.75) is 20.4 Å². The molecular formula is C22H26Cl2N4O. The van der Waals surface area contributed by atoms with Crippen molar-refractivity contribution in [3.8, 4) is 11.1 Å². The number of nitrogens with zero attached hydrogens (tertiary/aromatic N) is 3. The van der Waals surface area contributed by atoms with Crippen LogP contribution in [-0.4, -0.2) is 42.2 Å². The first kappa shape index (κ1) is 20.5. The maximum atomic E-state index is 6.58. The quantitative estimate of drug-likeness (QED) is 0.601. The molecule has 0 amide bonds. The summed E-state index contributed by atoms with van der Waals surface area (Å²) in [6.07, 6.45) is 4.09. The number of morpholine rings is 1. The minimum Gasteiger partial charge on any atom is -0.378 e. The first-order chi connectivity index (χ1) is 14.0. The lowest BCUT2D eigenvalue weighted by Gasteiger charge is -2.28. The molecule has 1 fully saturated rings. The Morgan fingerprint density at radius 2 is 1.93 bits per heavy atom. The van der Waals surface area contributed by atoms with Gasteiger partial charge in [-0.25, -0.2) is 4.98 Å². The van der Waals surface area contributed by atoms with E-state index in [1.807, 2.05) is 18.3 Å². The molecule has 1 aromatic carbocycles. The SMILES string of the molecule is CC(C)CNCc1cc2ncc(N3CCOCC3)n2cc1-c1ccc(Cl)cc1Cl. The van der Waals surface area contributed by atoms with E-state index in [0.717, 1.165) is 62.0 Å². The molecule has 5 nitrogen and oxygen atoms in total. The summed E-state index contributed by atoms with van der Waals surface area (Å²) in [6, 6.07) is 7.82. The number of fused-ring (bicyclic) bond motifs is 1. The van der Waals surface area contributed by atoms with Crippen LogP contribution < -0.4 is 10.2 Å². The van der Waals surface area contributed by atoms with E-state index in [0.29, 0.717) is 16.0 Å². The normalized spacial score (nSPS) is 14.9. The second-order valence-electron chi connectivity index (χ2n) is 7.81. The van der Waals surface area contributed by atoms with Gasteiger partial charge in [0.25, 0.3) is 0 Å². The van der Waals surface area contributed by atoms with Gasteiger partial charge in [0.05, 0.1) is 19.4 Å². The van der Waals surface area contributed by atoms with Gasteiger partial charge in [-0.2, -0.15) is 0 Å². The first-order valence-electron chi connectivity index (χ1n) is 10.0. The first-order valence-corrected chi connectivity index (χ1v) is 10.8. The van der Waals surface area contributed by atoms with E-state index in [-0.39, 0.29) is 0 Å². The summed E-state index contributed by atoms with van der Waals surface area (Å²) >= 11 is 12.7. The number of anilines is 1. The number of pyridine rings is 1. The topological polar surface area (TPSA) is 41.8 Å². The molecule has 2 aromatic heterocycles. The van der Waals surface area contributed by atoms with Crippen molar-refractivity contribution >= 4 is 34.7 Å². The Labute approximate surface area is 181 Å². The van der Waals surface area contributed by atoms with E-state index < -0.39 is 0 Å². The predicted molar refractivity (Wildman–Crippen MR) is 120 cm³/mol. The number of aromatic nitrogens is 2. The molecule has 0 aliphatic carbocycles. The number of rotatable bonds is 6. The largest absolute Gasteiger partial charge is 0.378 e. The van der Waals surface area contributed by atoms with Crippen molar-refractivity contribution in [3.05, 3.63) is 52.3 Å². The molecule has 7 heteroatoms. The second-order valence-corrected chi connectivity index (χ2v) is 8.65. The Hall–Kier alpha value is -1.79. The molecule has 1 N–H and O–H groups in total. The zero-order valence-electron chi connectivity index (χ0n) is 16.8. The van der Waals surface area contributed by atoms with E-state index in [1.54, 1.807) is 6.07 Å². The van der Waals surface area contributed by atoms with Crippen molar-refractivity contribution < 1.29 is 4.74 Å². The highest BCUT2D eigenvalue weighted by Crippen LogP contribution is 2.34. The van der Waals surface area contributed by atoms with Gasteiger partial charge in [-0.15, -0.1) is 0 Å². The fraction of sp³-hybridized carbons (Fsp3) is 0.409. The number of halogens is 2. The summed E-state index contributed by atoms with van der Waals surface area (Å²) in [5, 5.41) is 4.83. The lowest BCUT2D eigenvalue weighted by molar-refractivity contribution is 0.122. The summed E-state index contributed by atoms with van der Waals surface area (Å²) < 4.78 is 7.65. The Morgan fingerprint density at radius 1 is 1.14 bits per heavy atom. The highest BCUT2D eigenvalue weighted by atomic mass is 35.5. The monoisotopic (exact) mass is 432 g/mol. The molecule has 0 unspecified atom stereocenters. The number of hydrogen-bond acceptors (Lipinski definition) is 4. The minimum atomic E-state index is 0.584. The van der Waals surface area contributed by atoms with Crippen LogP contribution in [0.15, 0.2) is 36.7 Å². The maximum Gasteiger partial charge on any atom is 0.138 e. The maximum absolute atomic E-state index is 6.58. The predicted octanol–water partition coefficient (Wildman–Crippen LogP) is 4.89. The summed E-state index contributed by atoms with van der Waals surface area (Å²) in [4.78, 5) is 6.98. The van der Waals surface area contributed by atoms with Gasteiger partial charge in [-0.1, -0.05) is 43.1 Å². The summed E-state index contributed by atoms with van der Waals surface area (Å²) in [6.45, 7) is 9.31. The average Bonchev–Trinajstić information content (AvgIpc) is 3.11. The molecule has 1 aliphatic rings. The Morgan fingerprint density at radius 3 is 2.66 bits per heavy atom. The van der Waals surface area contributed by atoms with Crippen molar-refractivity contribution in [2.75, 3.05) is 37.7 Å². The molecule has 0 spiro atoms. The van der Waals surface area contributed by atoms with Crippen LogP contribution in [0.5, 0.6) is 0 Å². The second kappa shape index (κ2) is 8.92. The molecule has 4 rings (SSSR count). The van der Waals surface area contributed by atoms with Gasteiger partial charge in [0.2, 0.25) is 0 Å². The lowest BCUT2D eigenvalue weighted by atomic mass is 10.0. The molecule has 0 bridgehead atoms. The fourth-order valence-electron chi connectivity index (χ4n) is 3.67. The molecule has 0 saturated carbocycles. The van der Waals surface area contributed by atoms with Crippen molar-refractivity contribution in [1.82, 2.24) is 14.7 Å². The Kier molecular flexibility index (Phi) is 6.30. The molecular weight excluding hydrogens is 407 g/mol. The molecule has 1 aliphatic heterocycles. The van der Waals surface area contributed by atoms with Crippen LogP contribution in [0.3, 0.4) is 0 Å². The number of nitrogens with one attached hydrogen (secondary N) is 1. The van der Waals surface area contributed by atoms with Crippen molar-refractivity contribution in [1.29, 1.82) is 0 Å². The molecule has 0 radical (unpaired) electrons. The minimum absolute atomic E-state index is 0.584. The van der Waals surface area contributed by atoms with Crippen LogP contribution in [0.4, 0.5) is 5.82 Å². The van der Waals surface area contributed by atoms with Crippen LogP contribution in [0.2, 0.25) is 10.0 Å². The molecule has 29 heavy (non-hydrogen) atoms. The van der Waals surface area contributed by atoms with E-state index in [9.17, 15) is 0 Å². The van der Waals surface area contributed by atoms with Crippen molar-refractivity contribution in [3.63, 3.8) is 0 Å². The zero-order valence-corrected chi connectivity index (χ0v) is 18.3. The van der Waals surface area contributed by atoms with Gasteiger partial charge >= 0.3 is 0 Å². The number of hydrogen-bond donors (Lipinski definition) is 1. The highest BCUT2D eigenvalue weighted by Gasteiger charge is 2.18. The van der Waals surface area contributed by atoms with Crippen LogP contribution in [-0.2, 0) is 11.3 Å². The molecule has 154 valence electrons. The van der Waals surface area contributed by atoms with E-state index in [2.05, 4.69) is 45.7 Å². The van der Waals surface area contributed by atoms with Crippen molar-refractivity contribution in [2.24, 2.45) is 5.92 Å². The molecule has 0 atom stereocenters. The average molecular weight is 433 g/mol. The van der Waals surface area contributed by atoms with Gasteiger partial charge in [0.15, 0.2) is 0 Å². The standard InChI is InChI=1S/C22H26Cl2N4O/c1-15(2)11-25-12-16-9-21-26-13-22(27-5-7-29-8-6-27)28(21)14-19(16)18-4-3-17(23)10-20(18)24/h3-4,9-10,13-15,25H,5-8,11-12H2,1-2H3. The van der Waals surface area contributed by atoms with E-state index in [1.165, 1.54) is 5.56 Å². The molecule has 3 heterocycles. The summed E-state index contributed by atoms with van der Waals surface area (Å²) in [5.74, 6) is 1.66. The Bertz CT molecular complexity index is 996. The smallest absolute Gasteiger partial charge is 0.138 e. The third-order valence-electron chi connectivity index (χ3n) is 5.14. The van der Waals surface area contributed by atoms with Gasteiger partial charge in [-0.3, -0.25) is 4.40 Å². The molecule has 3 aromatic rings. The van der Waals surface area contributed by atoms with Crippen LogP contribution in [0, 0.1) is 5.92 Å². The third kappa shape index (κ3) is 4.53. The number of benzene rings is 1. The third-order valence-corrected chi connectivity index (χ3v) is 5.69. The summed E-state index contributed by atoms with van der Waals surface area (Å²) in [5.41, 5.74) is 4.16. The van der Waals surface area contributed by atoms with Crippen LogP contribution in [0.1, 0.15) is 19.4 Å². The fourth-order valence-corrected chi connectivity index (χ4v) is 4.18.